The van der Waals surface area contributed by atoms with Gasteiger partial charge in [0.15, 0.2) is 0 Å². The van der Waals surface area contributed by atoms with Crippen LogP contribution in [-0.2, 0) is 14.3 Å². The second kappa shape index (κ2) is 5.22. The van der Waals surface area contributed by atoms with Crippen LogP contribution in [0.3, 0.4) is 0 Å². The van der Waals surface area contributed by atoms with Gasteiger partial charge in [-0.05, 0) is 13.3 Å². The van der Waals surface area contributed by atoms with Crippen LogP contribution in [0.15, 0.2) is 0 Å². The Morgan fingerprint density at radius 1 is 1.53 bits per heavy atom. The molecular weight excluding hydrogens is 283 g/mol. The van der Waals surface area contributed by atoms with Crippen LogP contribution in [0.4, 0.5) is 13.2 Å². The van der Waals surface area contributed by atoms with Crippen LogP contribution in [0.25, 0.3) is 0 Å². The fourth-order valence-corrected chi connectivity index (χ4v) is 3.65. The lowest BCUT2D eigenvalue weighted by molar-refractivity contribution is -0.160. The van der Waals surface area contributed by atoms with Gasteiger partial charge in [-0.2, -0.15) is 13.2 Å². The lowest BCUT2D eigenvalue weighted by atomic mass is 10.3. The Kier molecular flexibility index (Phi) is 3.98. The predicted octanol–water partition coefficient (Wildman–Crippen LogP) is 1.65. The smallest absolute Gasteiger partial charge is 0.406 e. The molecule has 2 rings (SSSR count). The normalized spacial score (nSPS) is 30.6. The van der Waals surface area contributed by atoms with Gasteiger partial charge in [0.1, 0.15) is 6.54 Å². The van der Waals surface area contributed by atoms with Crippen molar-refractivity contribution in [2.45, 2.75) is 24.9 Å². The van der Waals surface area contributed by atoms with Gasteiger partial charge in [-0.3, -0.25) is 9.59 Å². The molecule has 4 nitrogen and oxygen atoms in total. The Morgan fingerprint density at radius 3 is 2.79 bits per heavy atom. The molecule has 0 bridgehead atoms. The van der Waals surface area contributed by atoms with E-state index >= 15 is 0 Å². The second-order valence-corrected chi connectivity index (χ2v) is 5.70. The van der Waals surface area contributed by atoms with Gasteiger partial charge in [0, 0.05) is 5.92 Å². The lowest BCUT2D eigenvalue weighted by Gasteiger charge is -2.25. The first-order valence-electron chi connectivity index (χ1n) is 5.98. The fraction of sp³-hybridized carbons (Fsp3) is 0.818. The first-order valence-corrected chi connectivity index (χ1v) is 7.03. The highest BCUT2D eigenvalue weighted by Crippen LogP contribution is 2.50. The molecule has 8 heteroatoms. The van der Waals surface area contributed by atoms with Gasteiger partial charge in [0.2, 0.25) is 5.91 Å². The summed E-state index contributed by atoms with van der Waals surface area (Å²) >= 11 is 1.18. The zero-order valence-corrected chi connectivity index (χ0v) is 11.1. The molecule has 1 heterocycles. The number of nitrogens with zero attached hydrogens (tertiary/aromatic N) is 1. The molecule has 0 N–H and O–H groups in total. The number of halogens is 3. The summed E-state index contributed by atoms with van der Waals surface area (Å²) < 4.78 is 42.1. The number of carbonyl (C=O) groups is 2. The number of ether oxygens (including phenoxy) is 1. The first-order chi connectivity index (χ1) is 8.83. The minimum Gasteiger partial charge on any atom is -0.466 e. The molecule has 1 aliphatic heterocycles. The fourth-order valence-electron chi connectivity index (χ4n) is 2.25. The van der Waals surface area contributed by atoms with Crippen LogP contribution in [0.2, 0.25) is 0 Å². The lowest BCUT2D eigenvalue weighted by Crippen LogP contribution is -2.41. The minimum atomic E-state index is -4.41. The largest absolute Gasteiger partial charge is 0.466 e. The third kappa shape index (κ3) is 3.34. The number of amides is 1. The standard InChI is InChI=1S/C11H14F3NO3S/c1-2-18-10(17)7-3-6(7)9-15(5-11(12,13)14)8(16)4-19-9/h6-7,9H,2-5H2,1H3. The molecular formula is C11H14F3NO3S. The average molecular weight is 297 g/mol. The summed E-state index contributed by atoms with van der Waals surface area (Å²) in [5, 5.41) is -0.552. The topological polar surface area (TPSA) is 46.6 Å². The van der Waals surface area contributed by atoms with E-state index in [-0.39, 0.29) is 30.2 Å². The van der Waals surface area contributed by atoms with Gasteiger partial charge in [-0.15, -0.1) is 11.8 Å². The van der Waals surface area contributed by atoms with Crippen molar-refractivity contribution in [2.24, 2.45) is 11.8 Å². The molecule has 0 aromatic carbocycles. The van der Waals surface area contributed by atoms with Crippen molar-refractivity contribution in [1.29, 1.82) is 0 Å². The molecule has 2 aliphatic rings. The van der Waals surface area contributed by atoms with Gasteiger partial charge in [-0.25, -0.2) is 0 Å². The molecule has 3 unspecified atom stereocenters. The van der Waals surface area contributed by atoms with E-state index in [4.69, 9.17) is 4.74 Å². The van der Waals surface area contributed by atoms with Gasteiger partial charge < -0.3 is 9.64 Å². The van der Waals surface area contributed by atoms with Gasteiger partial charge in [0.25, 0.3) is 0 Å². The first kappa shape index (κ1) is 14.5. The van der Waals surface area contributed by atoms with Gasteiger partial charge in [0.05, 0.1) is 23.7 Å². The Morgan fingerprint density at radius 2 is 2.21 bits per heavy atom. The molecule has 108 valence electrons. The van der Waals surface area contributed by atoms with Crippen LogP contribution in [0.5, 0.6) is 0 Å². The number of carbonyl (C=O) groups excluding carboxylic acids is 2. The number of alkyl halides is 3. The highest BCUT2D eigenvalue weighted by Gasteiger charge is 2.54. The maximum absolute atomic E-state index is 12.4. The highest BCUT2D eigenvalue weighted by atomic mass is 32.2. The van der Waals surface area contributed by atoms with Gasteiger partial charge >= 0.3 is 12.1 Å². The maximum atomic E-state index is 12.4. The summed E-state index contributed by atoms with van der Waals surface area (Å²) in [6, 6.07) is 0. The molecule has 0 spiro atoms. The van der Waals surface area contributed by atoms with Crippen molar-refractivity contribution < 1.29 is 27.5 Å². The molecule has 1 saturated carbocycles. The third-order valence-corrected chi connectivity index (χ3v) is 4.51. The average Bonchev–Trinajstić information content (AvgIpc) is 3.00. The van der Waals surface area contributed by atoms with E-state index < -0.39 is 24.0 Å². The molecule has 0 radical (unpaired) electrons. The highest BCUT2D eigenvalue weighted by molar-refractivity contribution is 8.01. The maximum Gasteiger partial charge on any atom is 0.406 e. The molecule has 19 heavy (non-hydrogen) atoms. The van der Waals surface area contributed by atoms with Crippen molar-refractivity contribution in [2.75, 3.05) is 18.9 Å². The minimum absolute atomic E-state index is 0.0484. The van der Waals surface area contributed by atoms with Crippen LogP contribution < -0.4 is 0 Å². The molecule has 0 aromatic rings. The van der Waals surface area contributed by atoms with Crippen molar-refractivity contribution in [3.63, 3.8) is 0 Å². The molecule has 3 atom stereocenters. The van der Waals surface area contributed by atoms with Crippen LogP contribution in [0, 0.1) is 11.8 Å². The van der Waals surface area contributed by atoms with Crippen molar-refractivity contribution in [1.82, 2.24) is 4.90 Å². The second-order valence-electron chi connectivity index (χ2n) is 4.60. The van der Waals surface area contributed by atoms with Crippen molar-refractivity contribution in [3.05, 3.63) is 0 Å². The summed E-state index contributed by atoms with van der Waals surface area (Å²) in [5.74, 6) is -1.41. The molecule has 0 aromatic heterocycles. The van der Waals surface area contributed by atoms with E-state index in [1.54, 1.807) is 6.92 Å². The van der Waals surface area contributed by atoms with Crippen LogP contribution in [0.1, 0.15) is 13.3 Å². The zero-order chi connectivity index (χ0) is 14.2. The van der Waals surface area contributed by atoms with Crippen LogP contribution in [-0.4, -0.2) is 47.2 Å². The number of thioether (sulfide) groups is 1. The van der Waals surface area contributed by atoms with Crippen molar-refractivity contribution in [3.8, 4) is 0 Å². The summed E-state index contributed by atoms with van der Waals surface area (Å²) in [4.78, 5) is 23.8. The number of hydrogen-bond donors (Lipinski definition) is 0. The van der Waals surface area contributed by atoms with Crippen LogP contribution >= 0.6 is 11.8 Å². The van der Waals surface area contributed by atoms with E-state index in [1.807, 2.05) is 0 Å². The molecule has 1 amide bonds. The Labute approximate surface area is 112 Å². The number of hydrogen-bond acceptors (Lipinski definition) is 4. The number of esters is 1. The van der Waals surface area contributed by atoms with Gasteiger partial charge in [-0.1, -0.05) is 0 Å². The summed E-state index contributed by atoms with van der Waals surface area (Å²) in [6.45, 7) is 0.694. The predicted molar refractivity (Wildman–Crippen MR) is 62.2 cm³/mol. The summed E-state index contributed by atoms with van der Waals surface area (Å²) in [5.41, 5.74) is 0. The SMILES string of the molecule is CCOC(=O)C1CC1C1SCC(=O)N1CC(F)(F)F. The molecule has 2 fully saturated rings. The quantitative estimate of drug-likeness (QED) is 0.740. The molecule has 1 aliphatic carbocycles. The van der Waals surface area contributed by atoms with E-state index in [1.165, 1.54) is 11.8 Å². The molecule has 1 saturated heterocycles. The van der Waals surface area contributed by atoms with E-state index in [0.29, 0.717) is 6.42 Å². The zero-order valence-electron chi connectivity index (χ0n) is 10.3. The Bertz CT molecular complexity index is 388. The summed E-state index contributed by atoms with van der Waals surface area (Å²) in [6.07, 6.45) is -3.91. The Hall–Kier alpha value is -0.920. The monoisotopic (exact) mass is 297 g/mol. The summed E-state index contributed by atoms with van der Waals surface area (Å²) in [7, 11) is 0. The number of rotatable bonds is 4. The van der Waals surface area contributed by atoms with E-state index in [2.05, 4.69) is 0 Å². The Balaban J connectivity index is 1.97. The third-order valence-electron chi connectivity index (χ3n) is 3.15. The van der Waals surface area contributed by atoms with E-state index in [0.717, 1.165) is 4.90 Å². The van der Waals surface area contributed by atoms with Crippen molar-refractivity contribution >= 4 is 23.6 Å². The van der Waals surface area contributed by atoms with E-state index in [9.17, 15) is 22.8 Å².